The van der Waals surface area contributed by atoms with Crippen LogP contribution in [0, 0.1) is 11.2 Å². The van der Waals surface area contributed by atoms with E-state index < -0.39 is 32.1 Å². The van der Waals surface area contributed by atoms with Crippen LogP contribution in [0.1, 0.15) is 20.3 Å². The van der Waals surface area contributed by atoms with Gasteiger partial charge in [-0.25, -0.2) is 17.5 Å². The van der Waals surface area contributed by atoms with Crippen molar-refractivity contribution in [3.05, 3.63) is 29.0 Å². The quantitative estimate of drug-likeness (QED) is 0.841. The highest BCUT2D eigenvalue weighted by Gasteiger charge is 2.33. The highest BCUT2D eigenvalue weighted by atomic mass is 35.5. The SMILES string of the molecule is CCC(C)(CNS(=O)(=O)c1cccc(Cl)c1F)C(=O)O. The Labute approximate surface area is 121 Å². The largest absolute Gasteiger partial charge is 0.481 e. The second-order valence-corrected chi connectivity index (χ2v) is 6.74. The molecule has 112 valence electrons. The van der Waals surface area contributed by atoms with Crippen molar-refractivity contribution in [2.24, 2.45) is 5.41 Å². The molecule has 0 bridgehead atoms. The minimum atomic E-state index is -4.16. The Balaban J connectivity index is 3.02. The molecule has 0 saturated carbocycles. The van der Waals surface area contributed by atoms with E-state index in [2.05, 4.69) is 4.72 Å². The van der Waals surface area contributed by atoms with E-state index in [1.54, 1.807) is 6.92 Å². The molecule has 1 atom stereocenters. The fourth-order valence-electron chi connectivity index (χ4n) is 1.38. The van der Waals surface area contributed by atoms with Gasteiger partial charge >= 0.3 is 5.97 Å². The van der Waals surface area contributed by atoms with Crippen molar-refractivity contribution < 1.29 is 22.7 Å². The average Bonchev–Trinajstić information content (AvgIpc) is 2.38. The molecular weight excluding hydrogens is 309 g/mol. The van der Waals surface area contributed by atoms with Gasteiger partial charge in [0.25, 0.3) is 0 Å². The number of hydrogen-bond acceptors (Lipinski definition) is 3. The number of carboxylic acids is 1. The first-order valence-electron chi connectivity index (χ1n) is 5.81. The van der Waals surface area contributed by atoms with Crippen LogP contribution in [-0.2, 0) is 14.8 Å². The third-order valence-corrected chi connectivity index (χ3v) is 4.87. The highest BCUT2D eigenvalue weighted by molar-refractivity contribution is 7.89. The van der Waals surface area contributed by atoms with Crippen molar-refractivity contribution in [3.63, 3.8) is 0 Å². The predicted molar refractivity (Wildman–Crippen MR) is 72.6 cm³/mol. The molecule has 0 heterocycles. The van der Waals surface area contributed by atoms with Gasteiger partial charge in [-0.3, -0.25) is 4.79 Å². The number of carboxylic acid groups (broad SMARTS) is 1. The lowest BCUT2D eigenvalue weighted by Gasteiger charge is -2.23. The lowest BCUT2D eigenvalue weighted by molar-refractivity contribution is -0.147. The van der Waals surface area contributed by atoms with Crippen molar-refractivity contribution in [3.8, 4) is 0 Å². The molecule has 1 aromatic carbocycles. The average molecular weight is 324 g/mol. The molecule has 20 heavy (non-hydrogen) atoms. The second-order valence-electron chi connectivity index (χ2n) is 4.60. The van der Waals surface area contributed by atoms with Crippen molar-refractivity contribution in [2.75, 3.05) is 6.54 Å². The molecule has 0 aliphatic heterocycles. The lowest BCUT2D eigenvalue weighted by Crippen LogP contribution is -2.40. The standard InChI is InChI=1S/C12H15ClFNO4S/c1-3-12(2,11(16)17)7-15-20(18,19)9-6-4-5-8(13)10(9)14/h4-6,15H,3,7H2,1-2H3,(H,16,17). The van der Waals surface area contributed by atoms with Crippen LogP contribution in [0.15, 0.2) is 23.1 Å². The summed E-state index contributed by atoms with van der Waals surface area (Å²) in [5.41, 5.74) is -1.26. The van der Waals surface area contributed by atoms with Crippen LogP contribution in [0.3, 0.4) is 0 Å². The second kappa shape index (κ2) is 6.07. The van der Waals surface area contributed by atoms with Gasteiger partial charge < -0.3 is 5.11 Å². The molecule has 1 rings (SSSR count). The van der Waals surface area contributed by atoms with Gasteiger partial charge in [0.15, 0.2) is 5.82 Å². The molecule has 2 N–H and O–H groups in total. The highest BCUT2D eigenvalue weighted by Crippen LogP contribution is 2.24. The number of rotatable bonds is 6. The summed E-state index contributed by atoms with van der Waals surface area (Å²) < 4.78 is 39.8. The Morgan fingerprint density at radius 1 is 1.50 bits per heavy atom. The molecule has 0 radical (unpaired) electrons. The summed E-state index contributed by atoms with van der Waals surface area (Å²) in [6.45, 7) is 2.70. The molecule has 0 aliphatic carbocycles. The molecule has 1 unspecified atom stereocenters. The van der Waals surface area contributed by atoms with Crippen LogP contribution in [0.25, 0.3) is 0 Å². The van der Waals surface area contributed by atoms with Gasteiger partial charge in [-0.15, -0.1) is 0 Å². The van der Waals surface area contributed by atoms with Crippen LogP contribution < -0.4 is 4.72 Å². The number of halogens is 2. The minimum Gasteiger partial charge on any atom is -0.481 e. The monoisotopic (exact) mass is 323 g/mol. The van der Waals surface area contributed by atoms with Gasteiger partial charge in [0.2, 0.25) is 10.0 Å². The van der Waals surface area contributed by atoms with Gasteiger partial charge in [-0.2, -0.15) is 0 Å². The predicted octanol–water partition coefficient (Wildman–Crippen LogP) is 2.26. The summed E-state index contributed by atoms with van der Waals surface area (Å²) in [5.74, 6) is -2.19. The van der Waals surface area contributed by atoms with E-state index >= 15 is 0 Å². The molecule has 0 aliphatic rings. The van der Waals surface area contributed by atoms with E-state index in [4.69, 9.17) is 16.7 Å². The number of carbonyl (C=O) groups is 1. The zero-order chi connectivity index (χ0) is 15.6. The van der Waals surface area contributed by atoms with Gasteiger partial charge in [-0.1, -0.05) is 24.6 Å². The molecule has 0 fully saturated rings. The van der Waals surface area contributed by atoms with Crippen LogP contribution in [0.5, 0.6) is 0 Å². The van der Waals surface area contributed by atoms with Gasteiger partial charge in [-0.05, 0) is 25.5 Å². The van der Waals surface area contributed by atoms with Gasteiger partial charge in [0.05, 0.1) is 10.4 Å². The lowest BCUT2D eigenvalue weighted by atomic mass is 9.88. The van der Waals surface area contributed by atoms with Crippen LogP contribution in [0.2, 0.25) is 5.02 Å². The maximum Gasteiger partial charge on any atom is 0.310 e. The molecule has 8 heteroatoms. The van der Waals surface area contributed by atoms with E-state index in [-0.39, 0.29) is 18.0 Å². The molecule has 0 saturated heterocycles. The zero-order valence-corrected chi connectivity index (χ0v) is 12.6. The van der Waals surface area contributed by atoms with E-state index in [9.17, 15) is 17.6 Å². The Hall–Kier alpha value is -1.18. The van der Waals surface area contributed by atoms with Crippen LogP contribution in [0.4, 0.5) is 4.39 Å². The van der Waals surface area contributed by atoms with Gasteiger partial charge in [0.1, 0.15) is 4.90 Å². The number of benzene rings is 1. The maximum absolute atomic E-state index is 13.7. The first-order chi connectivity index (χ1) is 9.14. The van der Waals surface area contributed by atoms with Crippen LogP contribution in [-0.4, -0.2) is 26.0 Å². The summed E-state index contributed by atoms with van der Waals surface area (Å²) >= 11 is 5.53. The maximum atomic E-state index is 13.7. The Kier molecular flexibility index (Phi) is 5.12. The van der Waals surface area contributed by atoms with Crippen molar-refractivity contribution in [2.45, 2.75) is 25.2 Å². The Bertz CT molecular complexity index is 620. The Morgan fingerprint density at radius 3 is 2.60 bits per heavy atom. The van der Waals surface area contributed by atoms with E-state index in [1.165, 1.54) is 19.1 Å². The summed E-state index contributed by atoms with van der Waals surface area (Å²) in [7, 11) is -4.16. The molecule has 0 spiro atoms. The number of aliphatic carboxylic acids is 1. The minimum absolute atomic E-state index is 0.225. The van der Waals surface area contributed by atoms with Crippen molar-refractivity contribution >= 4 is 27.6 Å². The van der Waals surface area contributed by atoms with Crippen molar-refractivity contribution in [1.82, 2.24) is 4.72 Å². The van der Waals surface area contributed by atoms with Crippen molar-refractivity contribution in [1.29, 1.82) is 0 Å². The third-order valence-electron chi connectivity index (χ3n) is 3.15. The smallest absolute Gasteiger partial charge is 0.310 e. The molecular formula is C12H15ClFNO4S. The molecule has 1 aromatic rings. The fraction of sp³-hybridized carbons (Fsp3) is 0.417. The summed E-state index contributed by atoms with van der Waals surface area (Å²) in [5, 5.41) is 8.75. The Morgan fingerprint density at radius 2 is 2.10 bits per heavy atom. The molecule has 5 nitrogen and oxygen atoms in total. The fourth-order valence-corrected chi connectivity index (χ4v) is 2.87. The normalized spacial score (nSPS) is 14.8. The summed E-state index contributed by atoms with van der Waals surface area (Å²) in [4.78, 5) is 10.5. The topological polar surface area (TPSA) is 83.5 Å². The number of nitrogens with one attached hydrogen (secondary N) is 1. The van der Waals surface area contributed by atoms with Crippen LogP contribution >= 0.6 is 11.6 Å². The zero-order valence-electron chi connectivity index (χ0n) is 11.0. The number of hydrogen-bond donors (Lipinski definition) is 2. The first kappa shape index (κ1) is 16.9. The van der Waals surface area contributed by atoms with E-state index in [0.717, 1.165) is 6.07 Å². The first-order valence-corrected chi connectivity index (χ1v) is 7.67. The molecule has 0 aromatic heterocycles. The third kappa shape index (κ3) is 3.47. The number of sulfonamides is 1. The molecule has 0 amide bonds. The van der Waals surface area contributed by atoms with Gasteiger partial charge in [0, 0.05) is 6.54 Å². The summed E-state index contributed by atoms with van der Waals surface area (Å²) in [6, 6.07) is 3.59. The van der Waals surface area contributed by atoms with E-state index in [0.29, 0.717) is 0 Å². The van der Waals surface area contributed by atoms with E-state index in [1.807, 2.05) is 0 Å². The summed E-state index contributed by atoms with van der Waals surface area (Å²) in [6.07, 6.45) is 0.225.